The summed E-state index contributed by atoms with van der Waals surface area (Å²) in [4.78, 5) is 0. The van der Waals surface area contributed by atoms with Gasteiger partial charge in [0.1, 0.15) is 5.82 Å². The summed E-state index contributed by atoms with van der Waals surface area (Å²) >= 11 is 0. The van der Waals surface area contributed by atoms with Crippen LogP contribution in [0.15, 0.2) is 18.2 Å². The van der Waals surface area contributed by atoms with Gasteiger partial charge in [0.05, 0.1) is 23.4 Å². The molecule has 1 aromatic heterocycles. The molecule has 0 aliphatic rings. The van der Waals surface area contributed by atoms with E-state index in [2.05, 4.69) is 26.8 Å². The van der Waals surface area contributed by atoms with Gasteiger partial charge in [0, 0.05) is 11.1 Å². The minimum Gasteiger partial charge on any atom is -0.384 e. The fourth-order valence-corrected chi connectivity index (χ4v) is 2.51. The smallest absolute Gasteiger partial charge is 0.125 e. The van der Waals surface area contributed by atoms with E-state index < -0.39 is 0 Å². The van der Waals surface area contributed by atoms with E-state index in [0.29, 0.717) is 5.56 Å². The largest absolute Gasteiger partial charge is 0.384 e. The zero-order valence-corrected chi connectivity index (χ0v) is 13.1. The summed E-state index contributed by atoms with van der Waals surface area (Å²) in [7, 11) is 0. The van der Waals surface area contributed by atoms with E-state index in [1.54, 1.807) is 0 Å². The van der Waals surface area contributed by atoms with Crippen LogP contribution < -0.4 is 5.73 Å². The average molecular weight is 282 g/mol. The van der Waals surface area contributed by atoms with E-state index in [1.807, 2.05) is 29.8 Å². The SMILES string of the molecule is CCc1c(-c2ccc(C#N)c(C)c2)nn(C(C)CC)c1N. The van der Waals surface area contributed by atoms with Gasteiger partial charge in [-0.1, -0.05) is 19.9 Å². The molecule has 1 atom stereocenters. The van der Waals surface area contributed by atoms with Crippen molar-refractivity contribution >= 4 is 5.82 Å². The summed E-state index contributed by atoms with van der Waals surface area (Å²) in [6.45, 7) is 8.29. The van der Waals surface area contributed by atoms with Gasteiger partial charge in [-0.05, 0) is 44.4 Å². The molecule has 2 rings (SSSR count). The van der Waals surface area contributed by atoms with Gasteiger partial charge in [-0.2, -0.15) is 10.4 Å². The lowest BCUT2D eigenvalue weighted by Crippen LogP contribution is -2.09. The Bertz CT molecular complexity index is 692. The Balaban J connectivity index is 2.58. The quantitative estimate of drug-likeness (QED) is 0.926. The fraction of sp³-hybridized carbons (Fsp3) is 0.412. The van der Waals surface area contributed by atoms with Gasteiger partial charge < -0.3 is 5.73 Å². The molecule has 0 radical (unpaired) electrons. The molecule has 0 amide bonds. The lowest BCUT2D eigenvalue weighted by molar-refractivity contribution is 0.486. The van der Waals surface area contributed by atoms with Crippen LogP contribution >= 0.6 is 0 Å². The second kappa shape index (κ2) is 6.01. The highest BCUT2D eigenvalue weighted by Crippen LogP contribution is 2.31. The molecule has 1 aromatic carbocycles. The summed E-state index contributed by atoms with van der Waals surface area (Å²) in [6.07, 6.45) is 1.83. The molecule has 21 heavy (non-hydrogen) atoms. The van der Waals surface area contributed by atoms with Crippen LogP contribution in [0.1, 0.15) is 49.9 Å². The number of rotatable bonds is 4. The van der Waals surface area contributed by atoms with Crippen LogP contribution in [0.2, 0.25) is 0 Å². The Morgan fingerprint density at radius 2 is 2.10 bits per heavy atom. The van der Waals surface area contributed by atoms with E-state index in [9.17, 15) is 0 Å². The Kier molecular flexibility index (Phi) is 4.32. The first-order valence-electron chi connectivity index (χ1n) is 7.41. The van der Waals surface area contributed by atoms with Crippen molar-refractivity contribution in [2.24, 2.45) is 0 Å². The first-order valence-corrected chi connectivity index (χ1v) is 7.41. The van der Waals surface area contributed by atoms with Crippen LogP contribution in [0, 0.1) is 18.3 Å². The van der Waals surface area contributed by atoms with Gasteiger partial charge in [0.25, 0.3) is 0 Å². The average Bonchev–Trinajstić information content (AvgIpc) is 2.83. The molecule has 1 heterocycles. The number of anilines is 1. The van der Waals surface area contributed by atoms with Gasteiger partial charge in [0.2, 0.25) is 0 Å². The number of hydrogen-bond donors (Lipinski definition) is 1. The van der Waals surface area contributed by atoms with Gasteiger partial charge in [-0.25, -0.2) is 4.68 Å². The van der Waals surface area contributed by atoms with Crippen LogP contribution in [0.3, 0.4) is 0 Å². The number of aryl methyl sites for hydroxylation is 1. The third-order valence-corrected chi connectivity index (χ3v) is 4.03. The summed E-state index contributed by atoms with van der Waals surface area (Å²) < 4.78 is 1.92. The third-order valence-electron chi connectivity index (χ3n) is 4.03. The lowest BCUT2D eigenvalue weighted by atomic mass is 10.0. The minimum absolute atomic E-state index is 0.281. The maximum atomic E-state index is 9.04. The van der Waals surface area contributed by atoms with Crippen molar-refractivity contribution < 1.29 is 0 Å². The lowest BCUT2D eigenvalue weighted by Gasteiger charge is -2.11. The maximum absolute atomic E-state index is 9.04. The number of aromatic nitrogens is 2. The highest BCUT2D eigenvalue weighted by Gasteiger charge is 2.18. The predicted octanol–water partition coefficient (Wildman–Crippen LogP) is 3.85. The molecular formula is C17H22N4. The molecule has 0 aliphatic carbocycles. The summed E-state index contributed by atoms with van der Waals surface area (Å²) in [5.41, 5.74) is 11.0. The van der Waals surface area contributed by atoms with Crippen LogP contribution in [0.5, 0.6) is 0 Å². The minimum atomic E-state index is 0.281. The van der Waals surface area contributed by atoms with E-state index in [0.717, 1.165) is 41.0 Å². The topological polar surface area (TPSA) is 67.6 Å². The van der Waals surface area contributed by atoms with Crippen molar-refractivity contribution in [3.8, 4) is 17.3 Å². The Hall–Kier alpha value is -2.28. The number of nitriles is 1. The molecule has 2 N–H and O–H groups in total. The number of benzene rings is 1. The fourth-order valence-electron chi connectivity index (χ4n) is 2.51. The van der Waals surface area contributed by atoms with Crippen molar-refractivity contribution in [1.82, 2.24) is 9.78 Å². The monoisotopic (exact) mass is 282 g/mol. The van der Waals surface area contributed by atoms with Crippen molar-refractivity contribution in [3.63, 3.8) is 0 Å². The van der Waals surface area contributed by atoms with Gasteiger partial charge in [0.15, 0.2) is 0 Å². The predicted molar refractivity (Wildman–Crippen MR) is 85.9 cm³/mol. The molecule has 0 aliphatic heterocycles. The van der Waals surface area contributed by atoms with Gasteiger partial charge in [-0.15, -0.1) is 0 Å². The highest BCUT2D eigenvalue weighted by molar-refractivity contribution is 5.70. The molecule has 1 unspecified atom stereocenters. The number of nitrogen functional groups attached to an aromatic ring is 1. The Morgan fingerprint density at radius 3 is 2.62 bits per heavy atom. The first kappa shape index (κ1) is 15.1. The molecule has 0 saturated heterocycles. The molecule has 2 aromatic rings. The van der Waals surface area contributed by atoms with E-state index in [-0.39, 0.29) is 6.04 Å². The summed E-state index contributed by atoms with van der Waals surface area (Å²) in [5.74, 6) is 0.754. The maximum Gasteiger partial charge on any atom is 0.125 e. The third kappa shape index (κ3) is 2.64. The number of hydrogen-bond acceptors (Lipinski definition) is 3. The van der Waals surface area contributed by atoms with Crippen LogP contribution in [0.4, 0.5) is 5.82 Å². The number of nitrogens with two attached hydrogens (primary N) is 1. The summed E-state index contributed by atoms with van der Waals surface area (Å²) in [6, 6.07) is 8.29. The normalized spacial score (nSPS) is 12.1. The van der Waals surface area contributed by atoms with E-state index in [1.165, 1.54) is 0 Å². The highest BCUT2D eigenvalue weighted by atomic mass is 15.3. The molecular weight excluding hydrogens is 260 g/mol. The van der Waals surface area contributed by atoms with Crippen LogP contribution in [0.25, 0.3) is 11.3 Å². The Morgan fingerprint density at radius 1 is 1.38 bits per heavy atom. The second-order valence-corrected chi connectivity index (χ2v) is 5.41. The molecule has 4 nitrogen and oxygen atoms in total. The molecule has 0 bridgehead atoms. The van der Waals surface area contributed by atoms with E-state index >= 15 is 0 Å². The van der Waals surface area contributed by atoms with Crippen molar-refractivity contribution in [3.05, 3.63) is 34.9 Å². The standard InChI is InChI=1S/C17H22N4/c1-5-12(4)21-17(19)15(6-2)16(20-21)13-7-8-14(10-18)11(3)9-13/h7-9,12H,5-6,19H2,1-4H3. The number of nitrogens with zero attached hydrogens (tertiary/aromatic N) is 3. The summed E-state index contributed by atoms with van der Waals surface area (Å²) in [5, 5.41) is 13.8. The van der Waals surface area contributed by atoms with Crippen LogP contribution in [-0.4, -0.2) is 9.78 Å². The van der Waals surface area contributed by atoms with Crippen LogP contribution in [-0.2, 0) is 6.42 Å². The van der Waals surface area contributed by atoms with Gasteiger partial charge >= 0.3 is 0 Å². The molecule has 4 heteroatoms. The molecule has 0 saturated carbocycles. The first-order chi connectivity index (χ1) is 10.0. The zero-order valence-electron chi connectivity index (χ0n) is 13.1. The van der Waals surface area contributed by atoms with E-state index in [4.69, 9.17) is 16.1 Å². The molecule has 0 spiro atoms. The molecule has 0 fully saturated rings. The van der Waals surface area contributed by atoms with Gasteiger partial charge in [-0.3, -0.25) is 0 Å². The van der Waals surface area contributed by atoms with Crippen molar-refractivity contribution in [2.75, 3.05) is 5.73 Å². The second-order valence-electron chi connectivity index (χ2n) is 5.41. The zero-order chi connectivity index (χ0) is 15.6. The van der Waals surface area contributed by atoms with Crippen molar-refractivity contribution in [1.29, 1.82) is 5.26 Å². The Labute approximate surface area is 126 Å². The van der Waals surface area contributed by atoms with Crippen molar-refractivity contribution in [2.45, 2.75) is 46.6 Å². The molecule has 110 valence electrons.